The highest BCUT2D eigenvalue weighted by Gasteiger charge is 2.20. The predicted octanol–water partition coefficient (Wildman–Crippen LogP) is 3.15. The summed E-state index contributed by atoms with van der Waals surface area (Å²) in [5, 5.41) is 12.6. The van der Waals surface area contributed by atoms with Gasteiger partial charge in [0.2, 0.25) is 0 Å². The van der Waals surface area contributed by atoms with Gasteiger partial charge in [-0.25, -0.2) is 0 Å². The number of nitrogens with one attached hydrogen (secondary N) is 1. The molecule has 1 amide bonds. The Bertz CT molecular complexity index is 770. The Morgan fingerprint density at radius 2 is 2.33 bits per heavy atom. The summed E-state index contributed by atoms with van der Waals surface area (Å²) < 4.78 is 10.3. The third-order valence-corrected chi connectivity index (χ3v) is 4.78. The molecule has 0 spiro atoms. The standard InChI is InChI=1S/C21H26N2O4/c1-26-20-13-16(8-9-18(20)24)5-2-10-23-11-3-6-17(15-23)14-22-21(25)19-7-4-12-27-19/h2,4-5,7-9,12-13,17,24H,3,6,10-11,14-15H2,1H3,(H,22,25). The van der Waals surface area contributed by atoms with E-state index >= 15 is 0 Å². The molecule has 1 atom stereocenters. The molecular weight excluding hydrogens is 344 g/mol. The summed E-state index contributed by atoms with van der Waals surface area (Å²) >= 11 is 0. The zero-order valence-corrected chi connectivity index (χ0v) is 15.6. The van der Waals surface area contributed by atoms with Crippen molar-refractivity contribution >= 4 is 12.0 Å². The van der Waals surface area contributed by atoms with Crippen LogP contribution in [0.2, 0.25) is 0 Å². The summed E-state index contributed by atoms with van der Waals surface area (Å²) in [5.41, 5.74) is 0.990. The summed E-state index contributed by atoms with van der Waals surface area (Å²) in [5.74, 6) is 1.26. The number of methoxy groups -OCH3 is 1. The maximum absolute atomic E-state index is 12.0. The molecule has 0 saturated carbocycles. The van der Waals surface area contributed by atoms with Gasteiger partial charge in [0.1, 0.15) is 0 Å². The Kier molecular flexibility index (Phi) is 6.54. The fourth-order valence-corrected chi connectivity index (χ4v) is 3.35. The van der Waals surface area contributed by atoms with Gasteiger partial charge in [-0.2, -0.15) is 0 Å². The van der Waals surface area contributed by atoms with Crippen molar-refractivity contribution < 1.29 is 19.1 Å². The van der Waals surface area contributed by atoms with Crippen LogP contribution >= 0.6 is 0 Å². The SMILES string of the molecule is COc1cc(C=CCN2CCCC(CNC(=O)c3ccco3)C2)ccc1O. The van der Waals surface area contributed by atoms with E-state index in [1.807, 2.05) is 18.2 Å². The second-order valence-corrected chi connectivity index (χ2v) is 6.79. The molecule has 6 nitrogen and oxygen atoms in total. The number of benzene rings is 1. The first-order chi connectivity index (χ1) is 13.2. The van der Waals surface area contributed by atoms with Crippen molar-refractivity contribution in [3.8, 4) is 11.5 Å². The zero-order valence-electron chi connectivity index (χ0n) is 15.6. The molecule has 1 saturated heterocycles. The Morgan fingerprint density at radius 3 is 3.11 bits per heavy atom. The van der Waals surface area contributed by atoms with Crippen molar-refractivity contribution in [1.82, 2.24) is 10.2 Å². The number of rotatable bonds is 7. The number of carbonyl (C=O) groups is 1. The fourth-order valence-electron chi connectivity index (χ4n) is 3.35. The smallest absolute Gasteiger partial charge is 0.286 e. The molecule has 0 bridgehead atoms. The molecule has 1 aliphatic rings. The molecule has 6 heteroatoms. The minimum absolute atomic E-state index is 0.144. The zero-order chi connectivity index (χ0) is 19.1. The van der Waals surface area contributed by atoms with E-state index in [2.05, 4.69) is 16.3 Å². The number of hydrogen-bond donors (Lipinski definition) is 2. The Hall–Kier alpha value is -2.73. The minimum Gasteiger partial charge on any atom is -0.504 e. The number of piperidine rings is 1. The topological polar surface area (TPSA) is 74.9 Å². The van der Waals surface area contributed by atoms with Gasteiger partial charge in [0.15, 0.2) is 17.3 Å². The lowest BCUT2D eigenvalue weighted by Gasteiger charge is -2.32. The third-order valence-electron chi connectivity index (χ3n) is 4.78. The van der Waals surface area contributed by atoms with Crippen LogP contribution in [0.15, 0.2) is 47.1 Å². The van der Waals surface area contributed by atoms with Crippen LogP contribution in [-0.2, 0) is 0 Å². The van der Waals surface area contributed by atoms with E-state index in [1.165, 1.54) is 6.26 Å². The normalized spacial score (nSPS) is 17.9. The first-order valence-electron chi connectivity index (χ1n) is 9.23. The quantitative estimate of drug-likeness (QED) is 0.783. The van der Waals surface area contributed by atoms with E-state index in [1.54, 1.807) is 25.3 Å². The van der Waals surface area contributed by atoms with Gasteiger partial charge in [0.25, 0.3) is 5.91 Å². The maximum atomic E-state index is 12.0. The highest BCUT2D eigenvalue weighted by atomic mass is 16.5. The second-order valence-electron chi connectivity index (χ2n) is 6.79. The average Bonchev–Trinajstić information content (AvgIpc) is 3.23. The lowest BCUT2D eigenvalue weighted by Crippen LogP contribution is -2.40. The Balaban J connectivity index is 1.46. The number of phenols is 1. The van der Waals surface area contributed by atoms with Crippen molar-refractivity contribution in [3.05, 3.63) is 54.0 Å². The molecule has 1 aliphatic heterocycles. The van der Waals surface area contributed by atoms with Crippen LogP contribution in [0.1, 0.15) is 29.0 Å². The van der Waals surface area contributed by atoms with E-state index in [0.29, 0.717) is 24.0 Å². The molecule has 27 heavy (non-hydrogen) atoms. The number of hydrogen-bond acceptors (Lipinski definition) is 5. The number of aromatic hydroxyl groups is 1. The van der Waals surface area contributed by atoms with Crippen LogP contribution in [0, 0.1) is 5.92 Å². The van der Waals surface area contributed by atoms with Crippen LogP contribution in [-0.4, -0.2) is 49.2 Å². The van der Waals surface area contributed by atoms with Crippen molar-refractivity contribution in [2.75, 3.05) is 33.3 Å². The molecular formula is C21H26N2O4. The van der Waals surface area contributed by atoms with Crippen LogP contribution in [0.25, 0.3) is 6.08 Å². The highest BCUT2D eigenvalue weighted by molar-refractivity contribution is 5.91. The molecule has 2 heterocycles. The van der Waals surface area contributed by atoms with Gasteiger partial charge >= 0.3 is 0 Å². The number of phenolic OH excluding ortho intramolecular Hbond substituents is 1. The number of furan rings is 1. The van der Waals surface area contributed by atoms with E-state index < -0.39 is 0 Å². The Morgan fingerprint density at radius 1 is 1.44 bits per heavy atom. The highest BCUT2D eigenvalue weighted by Crippen LogP contribution is 2.26. The molecule has 2 aromatic rings. The van der Waals surface area contributed by atoms with Crippen LogP contribution in [0.3, 0.4) is 0 Å². The summed E-state index contributed by atoms with van der Waals surface area (Å²) in [6.07, 6.45) is 7.91. The van der Waals surface area contributed by atoms with Crippen LogP contribution in [0.5, 0.6) is 11.5 Å². The second kappa shape index (κ2) is 9.28. The molecule has 0 aliphatic carbocycles. The van der Waals surface area contributed by atoms with Crippen molar-refractivity contribution in [2.24, 2.45) is 5.92 Å². The van der Waals surface area contributed by atoms with Crippen LogP contribution in [0.4, 0.5) is 0 Å². The predicted molar refractivity (Wildman–Crippen MR) is 104 cm³/mol. The summed E-state index contributed by atoms with van der Waals surface area (Å²) in [6.45, 7) is 3.54. The molecule has 1 unspecified atom stereocenters. The monoisotopic (exact) mass is 370 g/mol. The van der Waals surface area contributed by atoms with Crippen LogP contribution < -0.4 is 10.1 Å². The number of nitrogens with zero attached hydrogens (tertiary/aromatic N) is 1. The van der Waals surface area contributed by atoms with Gasteiger partial charge in [0, 0.05) is 19.6 Å². The minimum atomic E-state index is -0.154. The number of amides is 1. The fraction of sp³-hybridized carbons (Fsp3) is 0.381. The number of carbonyl (C=O) groups excluding carboxylic acids is 1. The third kappa shape index (κ3) is 5.37. The van der Waals surface area contributed by atoms with E-state index in [-0.39, 0.29) is 11.7 Å². The molecule has 144 valence electrons. The van der Waals surface area contributed by atoms with Gasteiger partial charge in [-0.15, -0.1) is 0 Å². The maximum Gasteiger partial charge on any atom is 0.286 e. The molecule has 0 radical (unpaired) electrons. The van der Waals surface area contributed by atoms with Gasteiger partial charge in [-0.3, -0.25) is 9.69 Å². The van der Waals surface area contributed by atoms with E-state index in [9.17, 15) is 9.90 Å². The molecule has 2 N–H and O–H groups in total. The molecule has 1 fully saturated rings. The summed E-state index contributed by atoms with van der Waals surface area (Å²) in [4.78, 5) is 14.4. The summed E-state index contributed by atoms with van der Waals surface area (Å²) in [6, 6.07) is 8.70. The van der Waals surface area contributed by atoms with E-state index in [4.69, 9.17) is 9.15 Å². The average molecular weight is 370 g/mol. The van der Waals surface area contributed by atoms with Gasteiger partial charge in [-0.05, 0) is 55.1 Å². The van der Waals surface area contributed by atoms with Crippen molar-refractivity contribution in [3.63, 3.8) is 0 Å². The van der Waals surface area contributed by atoms with Gasteiger partial charge in [0.05, 0.1) is 13.4 Å². The lowest BCUT2D eigenvalue weighted by atomic mass is 9.98. The number of likely N-dealkylation sites (tertiary alicyclic amines) is 1. The molecule has 1 aromatic heterocycles. The largest absolute Gasteiger partial charge is 0.504 e. The first-order valence-corrected chi connectivity index (χ1v) is 9.23. The lowest BCUT2D eigenvalue weighted by molar-refractivity contribution is 0.0907. The number of ether oxygens (including phenoxy) is 1. The van der Waals surface area contributed by atoms with Gasteiger partial charge < -0.3 is 19.6 Å². The molecule has 1 aromatic carbocycles. The molecule has 3 rings (SSSR count). The first kappa shape index (κ1) is 19.0. The Labute approximate surface area is 159 Å². The van der Waals surface area contributed by atoms with Crippen molar-refractivity contribution in [2.45, 2.75) is 12.8 Å². The van der Waals surface area contributed by atoms with Gasteiger partial charge in [-0.1, -0.05) is 18.2 Å². The van der Waals surface area contributed by atoms with Crippen molar-refractivity contribution in [1.29, 1.82) is 0 Å². The van der Waals surface area contributed by atoms with E-state index in [0.717, 1.165) is 38.0 Å². The summed E-state index contributed by atoms with van der Waals surface area (Å²) in [7, 11) is 1.54.